The number of ether oxygens (including phenoxy) is 1. The second-order valence-electron chi connectivity index (χ2n) is 8.80. The average Bonchev–Trinajstić information content (AvgIpc) is 3.31. The molecule has 2 N–H and O–H groups in total. The highest BCUT2D eigenvalue weighted by molar-refractivity contribution is 6.15. The maximum atomic E-state index is 13.7. The number of rotatable bonds is 6. The van der Waals surface area contributed by atoms with Crippen LogP contribution < -0.4 is 4.74 Å². The van der Waals surface area contributed by atoms with Crippen molar-refractivity contribution < 1.29 is 24.3 Å². The van der Waals surface area contributed by atoms with Crippen LogP contribution in [0, 0.1) is 0 Å². The summed E-state index contributed by atoms with van der Waals surface area (Å²) in [5, 5.41) is 23.5. The Balaban J connectivity index is 1.47. The normalized spacial score (nSPS) is 14.7. The Hall–Kier alpha value is -4.10. The number of hydrogen-bond acceptors (Lipinski definition) is 7. The van der Waals surface area contributed by atoms with Gasteiger partial charge in [0.15, 0.2) is 11.5 Å². The van der Waals surface area contributed by atoms with Crippen molar-refractivity contribution in [3.8, 4) is 39.8 Å². The molecule has 0 aliphatic carbocycles. The molecule has 0 spiro atoms. The Morgan fingerprint density at radius 3 is 2.06 bits per heavy atom. The third-order valence-electron chi connectivity index (χ3n) is 6.27. The Morgan fingerprint density at radius 2 is 1.46 bits per heavy atom. The van der Waals surface area contributed by atoms with Gasteiger partial charge in [-0.2, -0.15) is 0 Å². The minimum absolute atomic E-state index is 0.111. The summed E-state index contributed by atoms with van der Waals surface area (Å²) in [7, 11) is 2.11. The van der Waals surface area contributed by atoms with Gasteiger partial charge in [0, 0.05) is 29.8 Å². The van der Waals surface area contributed by atoms with Crippen molar-refractivity contribution in [2.75, 3.05) is 20.1 Å². The van der Waals surface area contributed by atoms with Crippen LogP contribution in [0.25, 0.3) is 22.6 Å². The number of phenolic OH excluding ortho intramolecular Hbond substituents is 2. The Bertz CT molecular complexity index is 1240. The van der Waals surface area contributed by atoms with E-state index in [2.05, 4.69) is 17.1 Å². The van der Waals surface area contributed by atoms with Gasteiger partial charge >= 0.3 is 0 Å². The second kappa shape index (κ2) is 9.64. The lowest BCUT2D eigenvalue weighted by atomic mass is 9.95. The quantitative estimate of drug-likeness (QED) is 0.378. The summed E-state index contributed by atoms with van der Waals surface area (Å²) in [5.74, 6) is 1.02. The summed E-state index contributed by atoms with van der Waals surface area (Å²) < 4.78 is 11.8. The first-order valence-corrected chi connectivity index (χ1v) is 11.6. The van der Waals surface area contributed by atoms with E-state index >= 15 is 0 Å². The van der Waals surface area contributed by atoms with Crippen molar-refractivity contribution in [1.82, 2.24) is 10.1 Å². The predicted molar refractivity (Wildman–Crippen MR) is 132 cm³/mol. The van der Waals surface area contributed by atoms with Gasteiger partial charge in [-0.15, -0.1) is 0 Å². The zero-order chi connectivity index (χ0) is 24.4. The van der Waals surface area contributed by atoms with E-state index in [1.54, 1.807) is 36.4 Å². The van der Waals surface area contributed by atoms with Crippen LogP contribution in [0.3, 0.4) is 0 Å². The topological polar surface area (TPSA) is 96.0 Å². The van der Waals surface area contributed by atoms with E-state index in [9.17, 15) is 15.0 Å². The summed E-state index contributed by atoms with van der Waals surface area (Å²) in [6.45, 7) is 2.02. The molecule has 1 aliphatic rings. The first kappa shape index (κ1) is 22.7. The number of ketones is 1. The third kappa shape index (κ3) is 4.90. The number of phenols is 2. The van der Waals surface area contributed by atoms with Crippen molar-refractivity contribution in [3.63, 3.8) is 0 Å². The fourth-order valence-corrected chi connectivity index (χ4v) is 4.25. The summed E-state index contributed by atoms with van der Waals surface area (Å²) in [5.41, 5.74) is 2.42. The Kier molecular flexibility index (Phi) is 6.25. The van der Waals surface area contributed by atoms with Gasteiger partial charge in [-0.05, 0) is 92.7 Å². The van der Waals surface area contributed by atoms with Crippen molar-refractivity contribution in [1.29, 1.82) is 0 Å². The lowest BCUT2D eigenvalue weighted by molar-refractivity contribution is 0.103. The number of likely N-dealkylation sites (tertiary alicyclic amines) is 1. The van der Waals surface area contributed by atoms with Gasteiger partial charge in [0.05, 0.1) is 5.56 Å². The molecule has 5 rings (SSSR count). The van der Waals surface area contributed by atoms with Crippen LogP contribution in [0.15, 0.2) is 77.3 Å². The number of nitrogens with zero attached hydrogens (tertiary/aromatic N) is 2. The molecular weight excluding hydrogens is 444 g/mol. The SMILES string of the molecule is CN1CCC(Oc2ccc(C(=O)c3c(-c4ccc(O)cc4)noc3-c3ccc(O)cc3)cc2)CC1. The zero-order valence-corrected chi connectivity index (χ0v) is 19.3. The van der Waals surface area contributed by atoms with Crippen molar-refractivity contribution >= 4 is 5.78 Å². The van der Waals surface area contributed by atoms with Crippen LogP contribution in [-0.4, -0.2) is 52.3 Å². The molecule has 0 saturated carbocycles. The lowest BCUT2D eigenvalue weighted by Gasteiger charge is -2.29. The highest BCUT2D eigenvalue weighted by Crippen LogP contribution is 2.35. The van der Waals surface area contributed by atoms with Crippen molar-refractivity contribution in [3.05, 3.63) is 83.9 Å². The van der Waals surface area contributed by atoms with E-state index in [1.807, 2.05) is 12.1 Å². The van der Waals surface area contributed by atoms with E-state index in [0.717, 1.165) is 31.7 Å². The average molecular weight is 471 g/mol. The maximum absolute atomic E-state index is 13.7. The minimum atomic E-state index is -0.247. The molecule has 1 aromatic heterocycles. The molecule has 1 fully saturated rings. The van der Waals surface area contributed by atoms with Gasteiger partial charge in [0.2, 0.25) is 0 Å². The van der Waals surface area contributed by atoms with Crippen LogP contribution in [0.4, 0.5) is 0 Å². The fraction of sp³-hybridized carbons (Fsp3) is 0.214. The molecule has 0 bridgehead atoms. The Morgan fingerprint density at radius 1 is 0.886 bits per heavy atom. The van der Waals surface area contributed by atoms with Crippen LogP contribution in [0.5, 0.6) is 17.2 Å². The van der Waals surface area contributed by atoms with Gasteiger partial charge in [-0.3, -0.25) is 4.79 Å². The standard InChI is InChI=1S/C28H26N2O5/c1-30-16-14-24(15-17-30)34-23-12-6-19(7-13-23)27(33)25-26(18-2-8-21(31)9-3-18)29-35-28(25)20-4-10-22(32)11-5-20/h2-13,24,31-32H,14-17H2,1H3. The van der Waals surface area contributed by atoms with Crippen molar-refractivity contribution in [2.24, 2.45) is 0 Å². The summed E-state index contributed by atoms with van der Waals surface area (Å²) >= 11 is 0. The smallest absolute Gasteiger partial charge is 0.199 e. The maximum Gasteiger partial charge on any atom is 0.199 e. The van der Waals surface area contributed by atoms with Crippen LogP contribution >= 0.6 is 0 Å². The number of carbonyl (C=O) groups is 1. The van der Waals surface area contributed by atoms with E-state index < -0.39 is 0 Å². The monoisotopic (exact) mass is 470 g/mol. The molecule has 3 aromatic carbocycles. The number of benzene rings is 3. The van der Waals surface area contributed by atoms with Gasteiger partial charge in [-0.1, -0.05) is 5.16 Å². The van der Waals surface area contributed by atoms with Gasteiger partial charge < -0.3 is 24.4 Å². The van der Waals surface area contributed by atoms with E-state index in [4.69, 9.17) is 9.26 Å². The number of hydrogen-bond donors (Lipinski definition) is 2. The Labute approximate surface area is 203 Å². The van der Waals surface area contributed by atoms with Crippen LogP contribution in [-0.2, 0) is 0 Å². The van der Waals surface area contributed by atoms with Gasteiger partial charge in [0.1, 0.15) is 29.0 Å². The first-order valence-electron chi connectivity index (χ1n) is 11.6. The molecule has 0 radical (unpaired) electrons. The van der Waals surface area contributed by atoms with Crippen molar-refractivity contribution in [2.45, 2.75) is 18.9 Å². The summed E-state index contributed by atoms with van der Waals surface area (Å²) in [6, 6.07) is 20.0. The number of piperidine rings is 1. The number of carbonyl (C=O) groups excluding carboxylic acids is 1. The molecular formula is C28H26N2O5. The highest BCUT2D eigenvalue weighted by atomic mass is 16.5. The molecule has 0 amide bonds. The molecule has 1 aliphatic heterocycles. The lowest BCUT2D eigenvalue weighted by Crippen LogP contribution is -2.35. The molecule has 2 heterocycles. The molecule has 4 aromatic rings. The van der Waals surface area contributed by atoms with E-state index in [1.165, 1.54) is 24.3 Å². The fourth-order valence-electron chi connectivity index (χ4n) is 4.25. The second-order valence-corrected chi connectivity index (χ2v) is 8.80. The largest absolute Gasteiger partial charge is 0.508 e. The summed E-state index contributed by atoms with van der Waals surface area (Å²) in [6.07, 6.45) is 2.13. The molecule has 7 nitrogen and oxygen atoms in total. The summed E-state index contributed by atoms with van der Waals surface area (Å²) in [4.78, 5) is 16.0. The van der Waals surface area contributed by atoms with Crippen LogP contribution in [0.2, 0.25) is 0 Å². The predicted octanol–water partition coefficient (Wildman–Crippen LogP) is 5.12. The van der Waals surface area contributed by atoms with Crippen LogP contribution in [0.1, 0.15) is 28.8 Å². The minimum Gasteiger partial charge on any atom is -0.508 e. The molecule has 0 unspecified atom stereocenters. The molecule has 7 heteroatoms. The number of aromatic hydroxyl groups is 2. The van der Waals surface area contributed by atoms with Gasteiger partial charge in [0.25, 0.3) is 0 Å². The third-order valence-corrected chi connectivity index (χ3v) is 6.27. The number of aromatic nitrogens is 1. The molecule has 178 valence electrons. The van der Waals surface area contributed by atoms with E-state index in [0.29, 0.717) is 33.7 Å². The van der Waals surface area contributed by atoms with Gasteiger partial charge in [-0.25, -0.2) is 0 Å². The zero-order valence-electron chi connectivity index (χ0n) is 19.3. The molecule has 35 heavy (non-hydrogen) atoms. The molecule has 0 atom stereocenters. The van der Waals surface area contributed by atoms with E-state index in [-0.39, 0.29) is 23.4 Å². The highest BCUT2D eigenvalue weighted by Gasteiger charge is 2.26. The first-order chi connectivity index (χ1) is 17.0. The molecule has 1 saturated heterocycles.